The van der Waals surface area contributed by atoms with Crippen LogP contribution in [-0.4, -0.2) is 63.6 Å². The van der Waals surface area contributed by atoms with Gasteiger partial charge in [0.1, 0.15) is 17.5 Å². The molecule has 1 saturated heterocycles. The van der Waals surface area contributed by atoms with Crippen LogP contribution in [0.25, 0.3) is 10.9 Å². The molecule has 0 amide bonds. The predicted octanol–water partition coefficient (Wildman–Crippen LogP) is 5.48. The van der Waals surface area contributed by atoms with E-state index in [4.69, 9.17) is 26.1 Å². The lowest BCUT2D eigenvalue weighted by Gasteiger charge is -2.43. The summed E-state index contributed by atoms with van der Waals surface area (Å²) in [5.74, 6) is 0.806. The number of carbonyl (C=O) groups excluding carboxylic acids is 1. The second kappa shape index (κ2) is 11.8. The first-order valence-corrected chi connectivity index (χ1v) is 14.5. The van der Waals surface area contributed by atoms with Gasteiger partial charge in [0, 0.05) is 49.9 Å². The number of pyridine rings is 1. The molecule has 0 radical (unpaired) electrons. The molecule has 1 N–H and O–H groups in total. The van der Waals surface area contributed by atoms with E-state index in [0.717, 1.165) is 73.2 Å². The third-order valence-electron chi connectivity index (χ3n) is 7.40. The maximum atomic E-state index is 13.4. The monoisotopic (exact) mass is 553 g/mol. The van der Waals surface area contributed by atoms with Crippen LogP contribution in [0.5, 0.6) is 0 Å². The Labute approximate surface area is 236 Å². The van der Waals surface area contributed by atoms with Crippen LogP contribution in [0.4, 0.5) is 5.82 Å². The number of ether oxygens (including phenoxy) is 2. The Morgan fingerprint density at radius 2 is 2.00 bits per heavy atom. The number of likely N-dealkylation sites (tertiary alicyclic amines) is 1. The summed E-state index contributed by atoms with van der Waals surface area (Å²) < 4.78 is 13.7. The fraction of sp³-hybridized carbons (Fsp3) is 0.567. The minimum atomic E-state index is -0.584. The van der Waals surface area contributed by atoms with E-state index in [9.17, 15) is 4.79 Å². The molecule has 8 nitrogen and oxygen atoms in total. The van der Waals surface area contributed by atoms with Gasteiger partial charge in [-0.2, -0.15) is 5.10 Å². The van der Waals surface area contributed by atoms with E-state index in [2.05, 4.69) is 27.4 Å². The summed E-state index contributed by atoms with van der Waals surface area (Å²) in [5.41, 5.74) is 3.62. The van der Waals surface area contributed by atoms with E-state index in [-0.39, 0.29) is 12.1 Å². The number of aryl methyl sites for hydroxylation is 3. The van der Waals surface area contributed by atoms with Crippen LogP contribution < -0.4 is 5.32 Å². The van der Waals surface area contributed by atoms with E-state index in [0.29, 0.717) is 18.2 Å². The number of unbranched alkanes of at least 4 members (excludes halogenated alkanes) is 2. The first-order chi connectivity index (χ1) is 18.7. The molecule has 2 aliphatic rings. The highest BCUT2D eigenvalue weighted by Crippen LogP contribution is 2.36. The van der Waals surface area contributed by atoms with Gasteiger partial charge in [0.15, 0.2) is 5.15 Å². The summed E-state index contributed by atoms with van der Waals surface area (Å²) >= 11 is 6.36. The van der Waals surface area contributed by atoms with Crippen LogP contribution in [0.15, 0.2) is 30.3 Å². The number of fused-ring (bicyclic) bond motifs is 2. The Kier molecular flexibility index (Phi) is 8.45. The van der Waals surface area contributed by atoms with E-state index < -0.39 is 11.6 Å². The summed E-state index contributed by atoms with van der Waals surface area (Å²) in [6.45, 7) is 8.78. The zero-order valence-corrected chi connectivity index (χ0v) is 24.3. The van der Waals surface area contributed by atoms with Gasteiger partial charge in [0.2, 0.25) is 0 Å². The Morgan fingerprint density at radius 3 is 2.79 bits per heavy atom. The summed E-state index contributed by atoms with van der Waals surface area (Å²) in [6, 6.07) is 9.68. The van der Waals surface area contributed by atoms with Crippen LogP contribution in [0.2, 0.25) is 5.15 Å². The number of benzene rings is 1. The van der Waals surface area contributed by atoms with Crippen molar-refractivity contribution in [1.82, 2.24) is 19.7 Å². The van der Waals surface area contributed by atoms with Crippen LogP contribution in [0, 0.1) is 0 Å². The molecule has 9 heteroatoms. The predicted molar refractivity (Wildman–Crippen MR) is 154 cm³/mol. The number of aromatic nitrogens is 3. The summed E-state index contributed by atoms with van der Waals surface area (Å²) in [7, 11) is 1.85. The Hall–Kier alpha value is -2.68. The molecule has 4 heterocycles. The van der Waals surface area contributed by atoms with E-state index in [1.54, 1.807) is 4.68 Å². The van der Waals surface area contributed by atoms with Gasteiger partial charge in [-0.3, -0.25) is 9.58 Å². The lowest BCUT2D eigenvalue weighted by molar-refractivity contribution is -0.168. The number of rotatable bonds is 10. The fourth-order valence-corrected chi connectivity index (χ4v) is 5.77. The summed E-state index contributed by atoms with van der Waals surface area (Å²) in [4.78, 5) is 20.3. The molecule has 1 aromatic carbocycles. The van der Waals surface area contributed by atoms with Crippen molar-refractivity contribution in [2.45, 2.75) is 77.0 Å². The lowest BCUT2D eigenvalue weighted by Crippen LogP contribution is -2.55. The standard InChI is InChI=1S/C30H40ClN5O3/c1-30(2,3)39-29(37)26(23-12-8-13-24-25(23)35(4)34-27(24)31)36-18-22(19-36)38-17-7-5-6-11-21-15-14-20-10-9-16-32-28(20)33-21/h8,12-15,22,26H,5-7,9-11,16-19H2,1-4H3,(H,32,33). The zero-order chi connectivity index (χ0) is 27.6. The molecule has 2 aromatic heterocycles. The second-order valence-corrected chi connectivity index (χ2v) is 12.0. The van der Waals surface area contributed by atoms with Crippen LogP contribution >= 0.6 is 11.6 Å². The molecular weight excluding hydrogens is 514 g/mol. The van der Waals surface area contributed by atoms with Gasteiger partial charge in [0.25, 0.3) is 0 Å². The van der Waals surface area contributed by atoms with E-state index in [1.165, 1.54) is 12.0 Å². The number of hydrogen-bond donors (Lipinski definition) is 1. The number of esters is 1. The average molecular weight is 554 g/mol. The largest absolute Gasteiger partial charge is 0.459 e. The van der Waals surface area contributed by atoms with Crippen molar-refractivity contribution < 1.29 is 14.3 Å². The molecule has 3 aromatic rings. The molecule has 0 bridgehead atoms. The molecular formula is C30H40ClN5O3. The second-order valence-electron chi connectivity index (χ2n) is 11.7. The highest BCUT2D eigenvalue weighted by Gasteiger charge is 2.41. The molecule has 1 atom stereocenters. The van der Waals surface area contributed by atoms with Gasteiger partial charge >= 0.3 is 5.97 Å². The van der Waals surface area contributed by atoms with E-state index >= 15 is 0 Å². The molecule has 39 heavy (non-hydrogen) atoms. The van der Waals surface area contributed by atoms with Gasteiger partial charge in [-0.15, -0.1) is 0 Å². The highest BCUT2D eigenvalue weighted by molar-refractivity contribution is 6.34. The van der Waals surface area contributed by atoms with Crippen molar-refractivity contribution in [3.8, 4) is 0 Å². The number of para-hydroxylation sites is 1. The first-order valence-electron chi connectivity index (χ1n) is 14.1. The quantitative estimate of drug-likeness (QED) is 0.263. The van der Waals surface area contributed by atoms with Gasteiger partial charge in [-0.25, -0.2) is 9.78 Å². The van der Waals surface area contributed by atoms with Gasteiger partial charge < -0.3 is 14.8 Å². The van der Waals surface area contributed by atoms with Crippen molar-refractivity contribution >= 4 is 34.3 Å². The third-order valence-corrected chi connectivity index (χ3v) is 7.68. The third kappa shape index (κ3) is 6.56. The van der Waals surface area contributed by atoms with Crippen LogP contribution in [-0.2, 0) is 34.2 Å². The number of nitrogens with one attached hydrogen (secondary N) is 1. The van der Waals surface area contributed by atoms with Crippen molar-refractivity contribution in [3.63, 3.8) is 0 Å². The van der Waals surface area contributed by atoms with Crippen molar-refractivity contribution in [1.29, 1.82) is 0 Å². The molecule has 210 valence electrons. The smallest absolute Gasteiger partial charge is 0.328 e. The molecule has 0 aliphatic carbocycles. The van der Waals surface area contributed by atoms with Crippen LogP contribution in [0.1, 0.15) is 69.3 Å². The van der Waals surface area contributed by atoms with Gasteiger partial charge in [-0.1, -0.05) is 36.2 Å². The molecule has 1 unspecified atom stereocenters. The molecule has 0 spiro atoms. The Morgan fingerprint density at radius 1 is 1.18 bits per heavy atom. The fourth-order valence-electron chi connectivity index (χ4n) is 5.50. The topological polar surface area (TPSA) is 81.5 Å². The van der Waals surface area contributed by atoms with Crippen molar-refractivity contribution in [3.05, 3.63) is 52.3 Å². The maximum absolute atomic E-state index is 13.4. The minimum Gasteiger partial charge on any atom is -0.459 e. The first kappa shape index (κ1) is 27.9. The lowest BCUT2D eigenvalue weighted by atomic mass is 9.98. The molecule has 1 fully saturated rings. The number of anilines is 1. The summed E-state index contributed by atoms with van der Waals surface area (Å²) in [5, 5.41) is 9.05. The Balaban J connectivity index is 1.12. The minimum absolute atomic E-state index is 0.109. The average Bonchev–Trinajstić information content (AvgIpc) is 3.16. The van der Waals surface area contributed by atoms with E-state index in [1.807, 2.05) is 46.0 Å². The van der Waals surface area contributed by atoms with Crippen molar-refractivity contribution in [2.24, 2.45) is 7.05 Å². The zero-order valence-electron chi connectivity index (χ0n) is 23.5. The van der Waals surface area contributed by atoms with Crippen LogP contribution in [0.3, 0.4) is 0 Å². The maximum Gasteiger partial charge on any atom is 0.328 e. The molecule has 2 aliphatic heterocycles. The molecule has 5 rings (SSSR count). The van der Waals surface area contributed by atoms with Gasteiger partial charge in [-0.05, 0) is 70.6 Å². The number of carbonyl (C=O) groups is 1. The van der Waals surface area contributed by atoms with Crippen molar-refractivity contribution in [2.75, 3.05) is 31.6 Å². The number of nitrogens with zero attached hydrogens (tertiary/aromatic N) is 4. The normalized spacial score (nSPS) is 16.9. The van der Waals surface area contributed by atoms with Gasteiger partial charge in [0.05, 0.1) is 11.6 Å². The molecule has 0 saturated carbocycles. The Bertz CT molecular complexity index is 1310. The summed E-state index contributed by atoms with van der Waals surface area (Å²) in [6.07, 6.45) is 6.63. The highest BCUT2D eigenvalue weighted by atomic mass is 35.5. The number of hydrogen-bond acceptors (Lipinski definition) is 7. The number of halogens is 1. The SMILES string of the molecule is Cn1nc(Cl)c2cccc(C(C(=O)OC(C)(C)C)N3CC(OCCCCCc4ccc5c(n4)NCCC5)C3)c21.